The molecule has 324 valence electrons. The minimum atomic E-state index is 0.587. The second-order valence-corrected chi connectivity index (χ2v) is 17.7. The van der Waals surface area contributed by atoms with Crippen molar-refractivity contribution in [3.8, 4) is 56.7 Å². The van der Waals surface area contributed by atoms with Gasteiger partial charge in [-0.3, -0.25) is 4.57 Å². The van der Waals surface area contributed by atoms with Crippen LogP contribution in [-0.4, -0.2) is 29.1 Å². The molecule has 1 aliphatic carbocycles. The van der Waals surface area contributed by atoms with Crippen LogP contribution in [0, 0.1) is 0 Å². The van der Waals surface area contributed by atoms with Gasteiger partial charge in [0.05, 0.1) is 22.1 Å². The van der Waals surface area contributed by atoms with Crippen LogP contribution < -0.4 is 0 Å². The van der Waals surface area contributed by atoms with Gasteiger partial charge >= 0.3 is 0 Å². The molecule has 0 spiro atoms. The predicted molar refractivity (Wildman–Crippen MR) is 280 cm³/mol. The molecule has 4 aromatic heterocycles. The highest BCUT2D eigenvalue weighted by Crippen LogP contribution is 2.42. The molecule has 0 N–H and O–H groups in total. The maximum absolute atomic E-state index is 6.38. The molecular formula is C62H40N6O. The first kappa shape index (κ1) is 39.0. The van der Waals surface area contributed by atoms with Gasteiger partial charge in [-0.1, -0.05) is 170 Å². The summed E-state index contributed by atoms with van der Waals surface area (Å²) in [5.74, 6) is 2.55. The number of hydrogen-bond donors (Lipinski definition) is 0. The molecule has 7 nitrogen and oxygen atoms in total. The molecule has 13 aromatic rings. The van der Waals surface area contributed by atoms with Crippen LogP contribution in [0.3, 0.4) is 0 Å². The molecule has 0 bridgehead atoms. The highest BCUT2D eigenvalue weighted by molar-refractivity contribution is 6.23. The fourth-order valence-electron chi connectivity index (χ4n) is 10.4. The van der Waals surface area contributed by atoms with E-state index in [-0.39, 0.29) is 0 Å². The monoisotopic (exact) mass is 884 g/mol. The molecule has 0 atom stereocenters. The summed E-state index contributed by atoms with van der Waals surface area (Å²) in [7, 11) is 0. The molecule has 69 heavy (non-hydrogen) atoms. The van der Waals surface area contributed by atoms with E-state index >= 15 is 0 Å². The van der Waals surface area contributed by atoms with Crippen molar-refractivity contribution in [1.29, 1.82) is 0 Å². The van der Waals surface area contributed by atoms with Crippen LogP contribution in [0.1, 0.15) is 23.4 Å². The number of fused-ring (bicyclic) bond motifs is 9. The lowest BCUT2D eigenvalue weighted by Gasteiger charge is -2.17. The topological polar surface area (TPSA) is 74.6 Å². The smallest absolute Gasteiger partial charge is 0.238 e. The molecule has 1 aliphatic rings. The van der Waals surface area contributed by atoms with Crippen LogP contribution in [0.15, 0.2) is 217 Å². The summed E-state index contributed by atoms with van der Waals surface area (Å²) in [6, 6.07) is 74.6. The van der Waals surface area contributed by atoms with Crippen LogP contribution in [0.2, 0.25) is 0 Å². The van der Waals surface area contributed by atoms with E-state index in [0.717, 1.165) is 107 Å². The average molecular weight is 885 g/mol. The van der Waals surface area contributed by atoms with Gasteiger partial charge in [0, 0.05) is 43.9 Å². The molecule has 0 radical (unpaired) electrons. The van der Waals surface area contributed by atoms with Gasteiger partial charge in [0.2, 0.25) is 11.8 Å². The minimum Gasteiger partial charge on any atom is -0.435 e. The van der Waals surface area contributed by atoms with Crippen LogP contribution >= 0.6 is 0 Å². The molecule has 0 unspecified atom stereocenters. The number of aromatic nitrogens is 6. The number of aryl methyl sites for hydroxylation is 1. The van der Waals surface area contributed by atoms with Gasteiger partial charge < -0.3 is 8.98 Å². The minimum absolute atomic E-state index is 0.587. The lowest BCUT2D eigenvalue weighted by molar-refractivity contribution is 0.621. The van der Waals surface area contributed by atoms with E-state index in [1.54, 1.807) is 0 Å². The van der Waals surface area contributed by atoms with Crippen molar-refractivity contribution in [1.82, 2.24) is 29.1 Å². The van der Waals surface area contributed by atoms with E-state index in [4.69, 9.17) is 24.4 Å². The van der Waals surface area contributed by atoms with Crippen molar-refractivity contribution in [2.24, 2.45) is 0 Å². The lowest BCUT2D eigenvalue weighted by Crippen LogP contribution is -2.10. The first-order valence-electron chi connectivity index (χ1n) is 23.4. The number of rotatable bonds is 7. The maximum atomic E-state index is 6.38. The summed E-state index contributed by atoms with van der Waals surface area (Å²) >= 11 is 0. The number of allylic oxidation sites excluding steroid dienone is 1. The van der Waals surface area contributed by atoms with Gasteiger partial charge in [0.1, 0.15) is 5.52 Å². The number of hydrogen-bond acceptors (Lipinski definition) is 5. The number of oxazole rings is 1. The van der Waals surface area contributed by atoms with Gasteiger partial charge in [-0.15, -0.1) is 0 Å². The Bertz CT molecular complexity index is 4160. The molecular weight excluding hydrogens is 845 g/mol. The van der Waals surface area contributed by atoms with Crippen LogP contribution in [0.4, 0.5) is 0 Å². The second kappa shape index (κ2) is 15.7. The molecule has 9 aromatic carbocycles. The SMILES string of the molecule is C1=C(c2nc(-c3ccccc3)nc(-n3c4ccccc4c4ccc5c6ccccc6n(-c6ccc(-c7ccc(-c8cccc9nc(-c%10ccccc%10)oc89)cc7)cc6)c5c43)n2)CCc2ccccc21. The number of benzene rings is 9. The highest BCUT2D eigenvalue weighted by Gasteiger charge is 2.25. The first-order valence-corrected chi connectivity index (χ1v) is 23.4. The molecule has 7 heteroatoms. The predicted octanol–water partition coefficient (Wildman–Crippen LogP) is 15.4. The zero-order valence-corrected chi connectivity index (χ0v) is 37.3. The third kappa shape index (κ3) is 6.43. The largest absolute Gasteiger partial charge is 0.435 e. The Balaban J connectivity index is 0.921. The number of para-hydroxylation sites is 3. The molecule has 14 rings (SSSR count). The van der Waals surface area contributed by atoms with E-state index < -0.39 is 0 Å². The second-order valence-electron chi connectivity index (χ2n) is 17.7. The van der Waals surface area contributed by atoms with E-state index in [1.165, 1.54) is 16.5 Å². The van der Waals surface area contributed by atoms with Gasteiger partial charge in [0.15, 0.2) is 17.2 Å². The summed E-state index contributed by atoms with van der Waals surface area (Å²) in [4.78, 5) is 20.8. The van der Waals surface area contributed by atoms with Crippen molar-refractivity contribution in [3.05, 3.63) is 229 Å². The maximum Gasteiger partial charge on any atom is 0.238 e. The Hall–Kier alpha value is -9.20. The fourth-order valence-corrected chi connectivity index (χ4v) is 10.4. The summed E-state index contributed by atoms with van der Waals surface area (Å²) in [6.45, 7) is 0. The zero-order valence-electron chi connectivity index (χ0n) is 37.3. The van der Waals surface area contributed by atoms with Crippen LogP contribution in [0.5, 0.6) is 0 Å². The third-order valence-corrected chi connectivity index (χ3v) is 13.8. The first-order chi connectivity index (χ1) is 34.2. The van der Waals surface area contributed by atoms with E-state index in [9.17, 15) is 0 Å². The zero-order chi connectivity index (χ0) is 45.4. The van der Waals surface area contributed by atoms with Crippen molar-refractivity contribution in [2.45, 2.75) is 12.8 Å². The summed E-state index contributed by atoms with van der Waals surface area (Å²) in [5, 5.41) is 4.60. The van der Waals surface area contributed by atoms with Crippen molar-refractivity contribution >= 4 is 66.4 Å². The normalized spacial score (nSPS) is 12.6. The van der Waals surface area contributed by atoms with Crippen molar-refractivity contribution < 1.29 is 4.42 Å². The van der Waals surface area contributed by atoms with E-state index in [2.05, 4.69) is 167 Å². The van der Waals surface area contributed by atoms with Crippen LogP contribution in [-0.2, 0) is 6.42 Å². The molecule has 0 saturated carbocycles. The molecule has 0 amide bonds. The van der Waals surface area contributed by atoms with E-state index in [0.29, 0.717) is 23.5 Å². The number of nitrogens with zero attached hydrogens (tertiary/aromatic N) is 6. The highest BCUT2D eigenvalue weighted by atomic mass is 16.3. The third-order valence-electron chi connectivity index (χ3n) is 13.8. The average Bonchev–Trinajstić information content (AvgIpc) is 4.12. The van der Waals surface area contributed by atoms with E-state index in [1.807, 2.05) is 60.7 Å². The molecule has 0 aliphatic heterocycles. The Labute approximate surface area is 397 Å². The molecule has 4 heterocycles. The van der Waals surface area contributed by atoms with Gasteiger partial charge in [-0.2, -0.15) is 9.97 Å². The lowest BCUT2D eigenvalue weighted by atomic mass is 9.92. The van der Waals surface area contributed by atoms with Gasteiger partial charge in [-0.25, -0.2) is 9.97 Å². The van der Waals surface area contributed by atoms with Gasteiger partial charge in [-0.05, 0) is 94.8 Å². The Kier molecular flexibility index (Phi) is 8.89. The standard InChI is InChI=1S/C62H40N6O/c1-3-15-43(16-4-1)59-64-60(46-31-28-39-14-7-8-19-45(39)38-46)66-62(65-59)68-55-25-12-10-21-50(55)52-37-36-51-49-20-9-11-24-54(49)67(56(51)57(52)68)47-34-32-41(33-35-47)40-26-29-42(30-27-40)48-22-13-23-53-58(48)69-61(63-53)44-17-5-2-6-18-44/h1-27,29-30,32-38H,28,31H2. The summed E-state index contributed by atoms with van der Waals surface area (Å²) in [5.41, 5.74) is 16.9. The quantitative estimate of drug-likeness (QED) is 0.159. The Morgan fingerprint density at radius 2 is 0.986 bits per heavy atom. The van der Waals surface area contributed by atoms with Crippen molar-refractivity contribution in [3.63, 3.8) is 0 Å². The van der Waals surface area contributed by atoms with Gasteiger partial charge in [0.25, 0.3) is 0 Å². The summed E-state index contributed by atoms with van der Waals surface area (Å²) < 4.78 is 11.1. The Morgan fingerprint density at radius 1 is 0.391 bits per heavy atom. The van der Waals surface area contributed by atoms with Crippen molar-refractivity contribution in [2.75, 3.05) is 0 Å². The molecule has 0 fully saturated rings. The fraction of sp³-hybridized carbons (Fsp3) is 0.0323. The Morgan fingerprint density at radius 3 is 1.72 bits per heavy atom. The van der Waals surface area contributed by atoms with Crippen LogP contribution in [0.25, 0.3) is 123 Å². The summed E-state index contributed by atoms with van der Waals surface area (Å²) in [6.07, 6.45) is 4.03. The molecule has 0 saturated heterocycles.